The highest BCUT2D eigenvalue weighted by atomic mass is 16.5. The number of amides is 2. The van der Waals surface area contributed by atoms with Gasteiger partial charge in [0, 0.05) is 18.2 Å². The Morgan fingerprint density at radius 3 is 2.88 bits per heavy atom. The summed E-state index contributed by atoms with van der Waals surface area (Å²) >= 11 is 0. The Hall–Kier alpha value is -2.83. The number of hydrogen-bond donors (Lipinski definition) is 2. The Labute approximate surface area is 140 Å². The number of anilines is 1. The molecule has 24 heavy (non-hydrogen) atoms. The predicted molar refractivity (Wildman–Crippen MR) is 89.2 cm³/mol. The molecule has 0 radical (unpaired) electrons. The smallest absolute Gasteiger partial charge is 0.320 e. The molecule has 1 aromatic heterocycles. The lowest BCUT2D eigenvalue weighted by Crippen LogP contribution is -2.29. The Balaban J connectivity index is 1.55. The Morgan fingerprint density at radius 1 is 1.29 bits per heavy atom. The molecule has 3 rings (SSSR count). The molecule has 7 nitrogen and oxygen atoms in total. The van der Waals surface area contributed by atoms with E-state index in [9.17, 15) is 4.79 Å². The quantitative estimate of drug-likeness (QED) is 0.851. The van der Waals surface area contributed by atoms with Crippen molar-refractivity contribution in [1.82, 2.24) is 15.3 Å². The van der Waals surface area contributed by atoms with Crippen LogP contribution in [-0.2, 0) is 6.54 Å². The number of rotatable bonds is 6. The van der Waals surface area contributed by atoms with Gasteiger partial charge in [-0.25, -0.2) is 14.8 Å². The Bertz CT molecular complexity index is 704. The molecule has 0 aliphatic heterocycles. The van der Waals surface area contributed by atoms with Gasteiger partial charge in [0.2, 0.25) is 5.88 Å². The van der Waals surface area contributed by atoms with E-state index in [1.165, 1.54) is 19.9 Å². The number of para-hydroxylation sites is 1. The van der Waals surface area contributed by atoms with E-state index in [4.69, 9.17) is 9.47 Å². The summed E-state index contributed by atoms with van der Waals surface area (Å²) in [6.07, 6.45) is 5.04. The first-order valence-electron chi connectivity index (χ1n) is 7.90. The number of nitrogens with one attached hydrogen (secondary N) is 2. The van der Waals surface area contributed by atoms with Gasteiger partial charge in [-0.2, -0.15) is 0 Å². The van der Waals surface area contributed by atoms with Gasteiger partial charge in [-0.1, -0.05) is 18.2 Å². The van der Waals surface area contributed by atoms with Crippen LogP contribution in [0.25, 0.3) is 0 Å². The number of hydrogen-bond acceptors (Lipinski definition) is 5. The van der Waals surface area contributed by atoms with Crippen LogP contribution in [0.15, 0.2) is 36.7 Å². The molecule has 0 bridgehead atoms. The summed E-state index contributed by atoms with van der Waals surface area (Å²) in [6, 6.07) is 8.94. The summed E-state index contributed by atoms with van der Waals surface area (Å²) in [7, 11) is 1.51. The second-order valence-corrected chi connectivity index (χ2v) is 5.53. The number of ether oxygens (including phenoxy) is 2. The average Bonchev–Trinajstić information content (AvgIpc) is 2.57. The summed E-state index contributed by atoms with van der Waals surface area (Å²) in [6.45, 7) is 0.372. The summed E-state index contributed by atoms with van der Waals surface area (Å²) in [4.78, 5) is 19.9. The molecular weight excluding hydrogens is 308 g/mol. The van der Waals surface area contributed by atoms with Crippen molar-refractivity contribution in [1.29, 1.82) is 0 Å². The summed E-state index contributed by atoms with van der Waals surface area (Å²) in [5.41, 5.74) is 0.944. The lowest BCUT2D eigenvalue weighted by molar-refractivity contribution is 0.119. The SMILES string of the molecule is COc1cc(NC(=O)NCc2ccccc2OC2CCC2)ncn1. The molecule has 0 spiro atoms. The van der Waals surface area contributed by atoms with Crippen molar-refractivity contribution in [3.05, 3.63) is 42.2 Å². The van der Waals surface area contributed by atoms with E-state index < -0.39 is 0 Å². The van der Waals surface area contributed by atoms with Crippen LogP contribution < -0.4 is 20.1 Å². The van der Waals surface area contributed by atoms with E-state index in [0.29, 0.717) is 24.3 Å². The van der Waals surface area contributed by atoms with Gasteiger partial charge in [0.15, 0.2) is 0 Å². The maximum Gasteiger partial charge on any atom is 0.320 e. The molecule has 1 saturated carbocycles. The zero-order valence-corrected chi connectivity index (χ0v) is 13.5. The molecular formula is C17H20N4O3. The summed E-state index contributed by atoms with van der Waals surface area (Å²) < 4.78 is 10.9. The van der Waals surface area contributed by atoms with Crippen molar-refractivity contribution in [2.24, 2.45) is 0 Å². The molecule has 2 amide bonds. The molecule has 0 saturated heterocycles. The van der Waals surface area contributed by atoms with Crippen LogP contribution in [0.5, 0.6) is 11.6 Å². The first-order valence-corrected chi connectivity index (χ1v) is 7.90. The largest absolute Gasteiger partial charge is 0.490 e. The molecule has 0 unspecified atom stereocenters. The minimum absolute atomic E-state index is 0.300. The molecule has 2 aromatic rings. The molecule has 1 aliphatic carbocycles. The van der Waals surface area contributed by atoms with Crippen molar-refractivity contribution in [3.8, 4) is 11.6 Å². The van der Waals surface area contributed by atoms with Crippen LogP contribution in [0.3, 0.4) is 0 Å². The second-order valence-electron chi connectivity index (χ2n) is 5.53. The fourth-order valence-corrected chi connectivity index (χ4v) is 2.29. The second kappa shape index (κ2) is 7.63. The van der Waals surface area contributed by atoms with Crippen molar-refractivity contribution < 1.29 is 14.3 Å². The third kappa shape index (κ3) is 4.13. The highest BCUT2D eigenvalue weighted by Gasteiger charge is 2.20. The molecule has 2 N–H and O–H groups in total. The van der Waals surface area contributed by atoms with E-state index in [0.717, 1.165) is 24.2 Å². The van der Waals surface area contributed by atoms with Gasteiger partial charge in [0.05, 0.1) is 13.2 Å². The highest BCUT2D eigenvalue weighted by molar-refractivity contribution is 5.88. The van der Waals surface area contributed by atoms with Crippen molar-refractivity contribution in [3.63, 3.8) is 0 Å². The van der Waals surface area contributed by atoms with E-state index in [1.54, 1.807) is 6.07 Å². The number of carbonyl (C=O) groups is 1. The van der Waals surface area contributed by atoms with E-state index >= 15 is 0 Å². The van der Waals surface area contributed by atoms with Crippen molar-refractivity contribution >= 4 is 11.8 Å². The van der Waals surface area contributed by atoms with E-state index in [1.807, 2.05) is 24.3 Å². The normalized spacial score (nSPS) is 13.7. The number of urea groups is 1. The standard InChI is InChI=1S/C17H20N4O3/c1-23-16-9-15(19-11-20-16)21-17(22)18-10-12-5-2-3-8-14(12)24-13-6-4-7-13/h2-3,5,8-9,11,13H,4,6-7,10H2,1H3,(H2,18,19,20,21,22). The van der Waals surface area contributed by atoms with Crippen molar-refractivity contribution in [2.45, 2.75) is 31.9 Å². The lowest BCUT2D eigenvalue weighted by atomic mass is 9.96. The van der Waals surface area contributed by atoms with Gasteiger partial charge in [0.1, 0.15) is 17.9 Å². The molecule has 0 atom stereocenters. The fourth-order valence-electron chi connectivity index (χ4n) is 2.29. The highest BCUT2D eigenvalue weighted by Crippen LogP contribution is 2.27. The predicted octanol–water partition coefficient (Wildman–Crippen LogP) is 2.74. The molecule has 1 heterocycles. The first-order chi connectivity index (χ1) is 11.7. The van der Waals surface area contributed by atoms with Crippen molar-refractivity contribution in [2.75, 3.05) is 12.4 Å². The minimum Gasteiger partial charge on any atom is -0.490 e. The third-order valence-electron chi connectivity index (χ3n) is 3.85. The maximum atomic E-state index is 12.0. The zero-order chi connectivity index (χ0) is 16.8. The van der Waals surface area contributed by atoms with Crippen LogP contribution >= 0.6 is 0 Å². The number of nitrogens with zero attached hydrogens (tertiary/aromatic N) is 2. The minimum atomic E-state index is -0.353. The van der Waals surface area contributed by atoms with Gasteiger partial charge in [-0.15, -0.1) is 0 Å². The van der Waals surface area contributed by atoms with Crippen LogP contribution in [0.4, 0.5) is 10.6 Å². The summed E-state index contributed by atoms with van der Waals surface area (Å²) in [5, 5.41) is 5.45. The number of carbonyl (C=O) groups excluding carboxylic acids is 1. The average molecular weight is 328 g/mol. The Morgan fingerprint density at radius 2 is 2.12 bits per heavy atom. The molecule has 1 aromatic carbocycles. The number of benzene rings is 1. The lowest BCUT2D eigenvalue weighted by Gasteiger charge is -2.27. The number of aromatic nitrogens is 2. The van der Waals surface area contributed by atoms with E-state index in [2.05, 4.69) is 20.6 Å². The van der Waals surface area contributed by atoms with Gasteiger partial charge in [0.25, 0.3) is 0 Å². The van der Waals surface area contributed by atoms with Gasteiger partial charge >= 0.3 is 6.03 Å². The summed E-state index contributed by atoms with van der Waals surface area (Å²) in [5.74, 6) is 1.59. The molecule has 7 heteroatoms. The van der Waals surface area contributed by atoms with Crippen LogP contribution in [-0.4, -0.2) is 29.2 Å². The molecule has 1 fully saturated rings. The van der Waals surface area contributed by atoms with E-state index in [-0.39, 0.29) is 6.03 Å². The van der Waals surface area contributed by atoms with Crippen LogP contribution in [0.1, 0.15) is 24.8 Å². The van der Waals surface area contributed by atoms with Gasteiger partial charge in [-0.05, 0) is 25.3 Å². The Kier molecular flexibility index (Phi) is 5.10. The first kappa shape index (κ1) is 16.0. The monoisotopic (exact) mass is 328 g/mol. The maximum absolute atomic E-state index is 12.0. The van der Waals surface area contributed by atoms with Crippen LogP contribution in [0, 0.1) is 0 Å². The molecule has 1 aliphatic rings. The topological polar surface area (TPSA) is 85.4 Å². The van der Waals surface area contributed by atoms with Gasteiger partial charge in [-0.3, -0.25) is 5.32 Å². The third-order valence-corrected chi connectivity index (χ3v) is 3.85. The van der Waals surface area contributed by atoms with Crippen LogP contribution in [0.2, 0.25) is 0 Å². The zero-order valence-electron chi connectivity index (χ0n) is 13.5. The molecule has 126 valence electrons. The number of methoxy groups -OCH3 is 1. The van der Waals surface area contributed by atoms with Gasteiger partial charge < -0.3 is 14.8 Å². The fraction of sp³-hybridized carbons (Fsp3) is 0.353.